The van der Waals surface area contributed by atoms with Gasteiger partial charge in [-0.15, -0.1) is 0 Å². The van der Waals surface area contributed by atoms with E-state index in [1.54, 1.807) is 24.3 Å². The van der Waals surface area contributed by atoms with Gasteiger partial charge in [0.25, 0.3) is 5.91 Å². The van der Waals surface area contributed by atoms with Crippen LogP contribution in [0.1, 0.15) is 27.7 Å². The lowest BCUT2D eigenvalue weighted by Crippen LogP contribution is -2.34. The summed E-state index contributed by atoms with van der Waals surface area (Å²) in [5.74, 6) is 0.403. The van der Waals surface area contributed by atoms with Crippen molar-refractivity contribution < 1.29 is 13.6 Å². The summed E-state index contributed by atoms with van der Waals surface area (Å²) >= 11 is 0. The molecule has 3 aromatic rings. The van der Waals surface area contributed by atoms with Gasteiger partial charge in [-0.2, -0.15) is 0 Å². The van der Waals surface area contributed by atoms with Crippen molar-refractivity contribution in [3.8, 4) is 0 Å². The van der Waals surface area contributed by atoms with Gasteiger partial charge in [0.2, 0.25) is 0 Å². The molecule has 1 N–H and O–H groups in total. The number of hydrogen-bond donors (Lipinski definition) is 1. The number of carbonyl (C=O) groups is 1. The molecule has 1 atom stereocenters. The van der Waals surface area contributed by atoms with E-state index >= 15 is 0 Å². The number of fused-ring (bicyclic) bond motifs is 1. The molecule has 1 amide bonds. The number of nitrogens with one attached hydrogen (secondary N) is 1. The van der Waals surface area contributed by atoms with Crippen molar-refractivity contribution in [1.29, 1.82) is 0 Å². The maximum absolute atomic E-state index is 13.1. The molecule has 4 nitrogen and oxygen atoms in total. The Labute approximate surface area is 146 Å². The van der Waals surface area contributed by atoms with Crippen molar-refractivity contribution >= 4 is 16.9 Å². The van der Waals surface area contributed by atoms with Crippen molar-refractivity contribution in [3.63, 3.8) is 0 Å². The number of amides is 1. The second-order valence-electron chi connectivity index (χ2n) is 6.35. The summed E-state index contributed by atoms with van der Waals surface area (Å²) in [6, 6.07) is 13.6. The number of likely N-dealkylation sites (N-methyl/N-ethyl adjacent to an activating group) is 1. The van der Waals surface area contributed by atoms with Crippen LogP contribution in [0.4, 0.5) is 4.39 Å². The van der Waals surface area contributed by atoms with E-state index in [0.717, 1.165) is 22.3 Å². The second-order valence-corrected chi connectivity index (χ2v) is 6.35. The van der Waals surface area contributed by atoms with Crippen molar-refractivity contribution in [2.24, 2.45) is 0 Å². The van der Waals surface area contributed by atoms with Crippen LogP contribution in [0.15, 0.2) is 52.9 Å². The first kappa shape index (κ1) is 17.2. The quantitative estimate of drug-likeness (QED) is 0.766. The molecule has 130 valence electrons. The highest BCUT2D eigenvalue weighted by molar-refractivity contribution is 5.97. The van der Waals surface area contributed by atoms with E-state index < -0.39 is 0 Å². The van der Waals surface area contributed by atoms with Gasteiger partial charge in [-0.05, 0) is 63.0 Å². The number of rotatable bonds is 5. The third-order valence-corrected chi connectivity index (χ3v) is 4.24. The third kappa shape index (κ3) is 3.88. The molecule has 0 saturated heterocycles. The zero-order valence-corrected chi connectivity index (χ0v) is 14.5. The van der Waals surface area contributed by atoms with Crippen LogP contribution in [0.5, 0.6) is 0 Å². The van der Waals surface area contributed by atoms with Crippen LogP contribution in [0.2, 0.25) is 0 Å². The predicted molar refractivity (Wildman–Crippen MR) is 96.1 cm³/mol. The highest BCUT2D eigenvalue weighted by Gasteiger charge is 2.16. The molecule has 1 aromatic heterocycles. The van der Waals surface area contributed by atoms with Crippen LogP contribution >= 0.6 is 0 Å². The summed E-state index contributed by atoms with van der Waals surface area (Å²) < 4.78 is 18.7. The molecule has 1 heterocycles. The molecular formula is C20H21FN2O2. The number of nitrogens with zero attached hydrogens (tertiary/aromatic N) is 1. The number of benzene rings is 2. The van der Waals surface area contributed by atoms with E-state index in [2.05, 4.69) is 5.32 Å². The molecule has 0 aliphatic heterocycles. The van der Waals surface area contributed by atoms with Crippen molar-refractivity contribution in [2.75, 3.05) is 20.6 Å². The molecule has 0 aliphatic carbocycles. The molecule has 0 aliphatic rings. The van der Waals surface area contributed by atoms with E-state index in [1.807, 2.05) is 38.1 Å². The van der Waals surface area contributed by atoms with Gasteiger partial charge in [0.15, 0.2) is 0 Å². The average Bonchev–Trinajstić information content (AvgIpc) is 2.95. The normalized spacial score (nSPS) is 12.5. The molecule has 0 fully saturated rings. The van der Waals surface area contributed by atoms with E-state index in [9.17, 15) is 9.18 Å². The molecule has 0 saturated carbocycles. The number of halogens is 1. The van der Waals surface area contributed by atoms with Crippen LogP contribution in [0, 0.1) is 12.7 Å². The average molecular weight is 340 g/mol. The molecule has 5 heteroatoms. The molecular weight excluding hydrogens is 319 g/mol. The Hall–Kier alpha value is -2.66. The van der Waals surface area contributed by atoms with E-state index in [0.29, 0.717) is 12.1 Å². The standard InChI is InChI=1S/C20H21FN2O2/c1-13-10-16-11-15(6-9-19(16)25-13)20(24)22-12-18(23(2)3)14-4-7-17(21)8-5-14/h4-11,18H,12H2,1-3H3,(H,22,24)/t18-/m1/s1. The zero-order chi connectivity index (χ0) is 18.0. The lowest BCUT2D eigenvalue weighted by molar-refractivity contribution is 0.0942. The smallest absolute Gasteiger partial charge is 0.251 e. The number of carbonyl (C=O) groups excluding carboxylic acids is 1. The van der Waals surface area contributed by atoms with Crippen LogP contribution < -0.4 is 5.32 Å². The molecule has 0 spiro atoms. The SMILES string of the molecule is Cc1cc2cc(C(=O)NC[C@H](c3ccc(F)cc3)N(C)C)ccc2o1. The van der Waals surface area contributed by atoms with Gasteiger partial charge in [0, 0.05) is 17.5 Å². The molecule has 0 radical (unpaired) electrons. The minimum absolute atomic E-state index is 0.0375. The Morgan fingerprint density at radius 3 is 2.56 bits per heavy atom. The maximum Gasteiger partial charge on any atom is 0.251 e. The minimum atomic E-state index is -0.269. The van der Waals surface area contributed by atoms with Crippen LogP contribution in [-0.4, -0.2) is 31.4 Å². The summed E-state index contributed by atoms with van der Waals surface area (Å²) in [5.41, 5.74) is 2.31. The number of aryl methyl sites for hydroxylation is 1. The third-order valence-electron chi connectivity index (χ3n) is 4.24. The molecule has 25 heavy (non-hydrogen) atoms. The molecule has 0 bridgehead atoms. The summed E-state index contributed by atoms with van der Waals surface area (Å²) in [6.45, 7) is 2.31. The largest absolute Gasteiger partial charge is 0.461 e. The first-order chi connectivity index (χ1) is 11.9. The van der Waals surface area contributed by atoms with Crippen molar-refractivity contribution in [3.05, 3.63) is 71.2 Å². The highest BCUT2D eigenvalue weighted by atomic mass is 19.1. The summed E-state index contributed by atoms with van der Waals surface area (Å²) in [5, 5.41) is 3.87. The molecule has 0 unspecified atom stereocenters. The lowest BCUT2D eigenvalue weighted by atomic mass is 10.1. The van der Waals surface area contributed by atoms with Crippen LogP contribution in [0.25, 0.3) is 11.0 Å². The number of furan rings is 1. The fourth-order valence-electron chi connectivity index (χ4n) is 2.89. The van der Waals surface area contributed by atoms with Crippen molar-refractivity contribution in [2.45, 2.75) is 13.0 Å². The Morgan fingerprint density at radius 2 is 1.88 bits per heavy atom. The Kier molecular flexibility index (Phi) is 4.86. The summed E-state index contributed by atoms with van der Waals surface area (Å²) in [4.78, 5) is 14.5. The van der Waals surface area contributed by atoms with Gasteiger partial charge in [-0.1, -0.05) is 12.1 Å². The highest BCUT2D eigenvalue weighted by Crippen LogP contribution is 2.21. The van der Waals surface area contributed by atoms with Gasteiger partial charge in [-0.3, -0.25) is 4.79 Å². The lowest BCUT2D eigenvalue weighted by Gasteiger charge is -2.25. The Bertz CT molecular complexity index is 884. The second kappa shape index (κ2) is 7.07. The van der Waals surface area contributed by atoms with Gasteiger partial charge in [0.05, 0.1) is 6.04 Å². The first-order valence-electron chi connectivity index (χ1n) is 8.14. The predicted octanol–water partition coefficient (Wildman–Crippen LogP) is 3.91. The topological polar surface area (TPSA) is 45.5 Å². The van der Waals surface area contributed by atoms with Crippen LogP contribution in [0.3, 0.4) is 0 Å². The van der Waals surface area contributed by atoms with Gasteiger partial charge in [-0.25, -0.2) is 4.39 Å². The van der Waals surface area contributed by atoms with Gasteiger partial charge >= 0.3 is 0 Å². The Balaban J connectivity index is 1.73. The van der Waals surface area contributed by atoms with Gasteiger partial charge in [0.1, 0.15) is 17.2 Å². The fourth-order valence-corrected chi connectivity index (χ4v) is 2.89. The molecule has 2 aromatic carbocycles. The van der Waals surface area contributed by atoms with Gasteiger partial charge < -0.3 is 14.6 Å². The maximum atomic E-state index is 13.1. The summed E-state index contributed by atoms with van der Waals surface area (Å²) in [7, 11) is 3.86. The molecule has 3 rings (SSSR count). The van der Waals surface area contributed by atoms with E-state index in [4.69, 9.17) is 4.42 Å². The minimum Gasteiger partial charge on any atom is -0.461 e. The fraction of sp³-hybridized carbons (Fsp3) is 0.250. The number of hydrogen-bond acceptors (Lipinski definition) is 3. The zero-order valence-electron chi connectivity index (χ0n) is 14.5. The van der Waals surface area contributed by atoms with Crippen LogP contribution in [-0.2, 0) is 0 Å². The van der Waals surface area contributed by atoms with Crippen molar-refractivity contribution in [1.82, 2.24) is 10.2 Å². The first-order valence-corrected chi connectivity index (χ1v) is 8.14. The van der Waals surface area contributed by atoms with E-state index in [1.165, 1.54) is 12.1 Å². The Morgan fingerprint density at radius 1 is 1.16 bits per heavy atom. The monoisotopic (exact) mass is 340 g/mol. The van der Waals surface area contributed by atoms with E-state index in [-0.39, 0.29) is 17.8 Å². The summed E-state index contributed by atoms with van der Waals surface area (Å²) in [6.07, 6.45) is 0.